The molecule has 4 heteroatoms. The Labute approximate surface area is 371 Å². The third-order valence-corrected chi connectivity index (χ3v) is 15.1. The highest BCUT2D eigenvalue weighted by atomic mass is 32.1. The van der Waals surface area contributed by atoms with Gasteiger partial charge in [0.15, 0.2) is 0 Å². The summed E-state index contributed by atoms with van der Waals surface area (Å²) >= 11 is 3.64. The largest absolute Gasteiger partial charge is 0.243 e. The van der Waals surface area contributed by atoms with Gasteiger partial charge in [0.1, 0.15) is 0 Å². The zero-order valence-electron chi connectivity index (χ0n) is 36.0. The predicted octanol–water partition coefficient (Wildman–Crippen LogP) is 17.9. The molecule has 61 heavy (non-hydrogen) atoms. The lowest BCUT2D eigenvalue weighted by Crippen LogP contribution is -2.25. The molecule has 1 aliphatic carbocycles. The first-order valence-corrected chi connectivity index (χ1v) is 24.7. The summed E-state index contributed by atoms with van der Waals surface area (Å²) in [5, 5.41) is 2.15. The first kappa shape index (κ1) is 41.2. The smallest absolute Gasteiger partial charge is 0.0988 e. The van der Waals surface area contributed by atoms with Gasteiger partial charge in [-0.25, -0.2) is 9.97 Å². The molecule has 0 atom stereocenters. The number of thiophene rings is 2. The molecule has 308 valence electrons. The van der Waals surface area contributed by atoms with Crippen LogP contribution in [0, 0.1) is 0 Å². The molecular formula is C57H58N2S2. The fraction of sp³-hybridized carbons (Fsp3) is 0.298. The molecule has 0 bridgehead atoms. The average molecular weight is 835 g/mol. The van der Waals surface area contributed by atoms with Crippen molar-refractivity contribution in [3.05, 3.63) is 156 Å². The Balaban J connectivity index is 1.13. The number of hydrogen-bond donors (Lipinski definition) is 0. The van der Waals surface area contributed by atoms with Gasteiger partial charge in [0.2, 0.25) is 0 Å². The molecule has 3 heterocycles. The van der Waals surface area contributed by atoms with Crippen LogP contribution in [0.1, 0.15) is 115 Å². The van der Waals surface area contributed by atoms with Gasteiger partial charge in [-0.15, -0.1) is 22.7 Å². The van der Waals surface area contributed by atoms with E-state index >= 15 is 0 Å². The van der Waals surface area contributed by atoms with Crippen LogP contribution in [0.4, 0.5) is 0 Å². The summed E-state index contributed by atoms with van der Waals surface area (Å²) in [4.78, 5) is 14.9. The van der Waals surface area contributed by atoms with Gasteiger partial charge in [-0.2, -0.15) is 0 Å². The summed E-state index contributed by atoms with van der Waals surface area (Å²) in [6.07, 6.45) is 18.4. The van der Waals surface area contributed by atoms with Crippen LogP contribution < -0.4 is 0 Å². The molecule has 0 aliphatic heterocycles. The summed E-state index contributed by atoms with van der Waals surface area (Å²) < 4.78 is 0. The van der Waals surface area contributed by atoms with Crippen LogP contribution in [-0.4, -0.2) is 9.97 Å². The van der Waals surface area contributed by atoms with Crippen LogP contribution >= 0.6 is 22.7 Å². The van der Waals surface area contributed by atoms with Crippen LogP contribution in [-0.2, 0) is 5.41 Å². The van der Waals surface area contributed by atoms with E-state index in [1.807, 2.05) is 11.3 Å². The maximum absolute atomic E-state index is 5.59. The number of nitrogens with zero attached hydrogens (tertiary/aromatic N) is 2. The van der Waals surface area contributed by atoms with Gasteiger partial charge in [-0.3, -0.25) is 0 Å². The second-order valence-corrected chi connectivity index (χ2v) is 19.1. The van der Waals surface area contributed by atoms with E-state index in [9.17, 15) is 0 Å². The molecule has 0 unspecified atom stereocenters. The van der Waals surface area contributed by atoms with Crippen LogP contribution in [0.15, 0.2) is 145 Å². The van der Waals surface area contributed by atoms with Crippen molar-refractivity contribution in [2.45, 2.75) is 109 Å². The van der Waals surface area contributed by atoms with Gasteiger partial charge in [-0.05, 0) is 70.3 Å². The SMILES string of the molecule is CCCCCCCCC1(CCCCCCCC)c2ccccc2-c2ccc(-c3ccc(-c4ccc(-c5cccs5)c5nc(-c6ccccc6)c(-c6ccccc6)nc45)s3)cc21. The van der Waals surface area contributed by atoms with E-state index in [0.29, 0.717) is 0 Å². The zero-order valence-corrected chi connectivity index (χ0v) is 37.6. The van der Waals surface area contributed by atoms with E-state index in [0.717, 1.165) is 44.7 Å². The van der Waals surface area contributed by atoms with Crippen LogP contribution in [0.3, 0.4) is 0 Å². The first-order valence-electron chi connectivity index (χ1n) is 23.0. The van der Waals surface area contributed by atoms with Crippen molar-refractivity contribution in [2.24, 2.45) is 0 Å². The summed E-state index contributed by atoms with van der Waals surface area (Å²) in [6, 6.07) is 51.4. The van der Waals surface area contributed by atoms with E-state index in [1.165, 1.54) is 121 Å². The quantitative estimate of drug-likeness (QED) is 0.0759. The van der Waals surface area contributed by atoms with E-state index in [-0.39, 0.29) is 5.41 Å². The Hall–Kier alpha value is -5.16. The van der Waals surface area contributed by atoms with E-state index in [4.69, 9.17) is 9.97 Å². The van der Waals surface area contributed by atoms with Crippen molar-refractivity contribution in [2.75, 3.05) is 0 Å². The average Bonchev–Trinajstić information content (AvgIpc) is 4.09. The normalized spacial score (nSPS) is 12.8. The number of fused-ring (bicyclic) bond motifs is 4. The summed E-state index contributed by atoms with van der Waals surface area (Å²) in [5.74, 6) is 0. The maximum Gasteiger partial charge on any atom is 0.0988 e. The first-order chi connectivity index (χ1) is 30.2. The topological polar surface area (TPSA) is 25.8 Å². The highest BCUT2D eigenvalue weighted by Crippen LogP contribution is 2.55. The van der Waals surface area contributed by atoms with Gasteiger partial charge in [0, 0.05) is 42.3 Å². The van der Waals surface area contributed by atoms with E-state index in [2.05, 4.69) is 159 Å². The molecule has 0 fully saturated rings. The van der Waals surface area contributed by atoms with Gasteiger partial charge >= 0.3 is 0 Å². The van der Waals surface area contributed by atoms with Crippen molar-refractivity contribution in [1.82, 2.24) is 9.97 Å². The van der Waals surface area contributed by atoms with E-state index < -0.39 is 0 Å². The number of benzene rings is 5. The van der Waals surface area contributed by atoms with Gasteiger partial charge in [-0.1, -0.05) is 206 Å². The number of aromatic nitrogens is 2. The van der Waals surface area contributed by atoms with Crippen molar-refractivity contribution < 1.29 is 0 Å². The Morgan fingerprint density at radius 1 is 0.410 bits per heavy atom. The summed E-state index contributed by atoms with van der Waals surface area (Å²) in [6.45, 7) is 4.63. The molecule has 5 aromatic carbocycles. The second-order valence-electron chi connectivity index (χ2n) is 17.1. The molecule has 1 aliphatic rings. The lowest BCUT2D eigenvalue weighted by atomic mass is 9.70. The van der Waals surface area contributed by atoms with Gasteiger partial charge < -0.3 is 0 Å². The molecule has 0 saturated carbocycles. The number of hydrogen-bond acceptors (Lipinski definition) is 4. The summed E-state index contributed by atoms with van der Waals surface area (Å²) in [7, 11) is 0. The highest BCUT2D eigenvalue weighted by Gasteiger charge is 2.42. The molecule has 3 aromatic heterocycles. The maximum atomic E-state index is 5.59. The zero-order chi connectivity index (χ0) is 41.4. The third kappa shape index (κ3) is 8.55. The Morgan fingerprint density at radius 3 is 1.54 bits per heavy atom. The molecule has 2 nitrogen and oxygen atoms in total. The van der Waals surface area contributed by atoms with Crippen molar-refractivity contribution in [3.8, 4) is 65.0 Å². The molecule has 9 rings (SSSR count). The minimum Gasteiger partial charge on any atom is -0.243 e. The Morgan fingerprint density at radius 2 is 0.934 bits per heavy atom. The molecule has 0 saturated heterocycles. The molecular weight excluding hydrogens is 777 g/mol. The number of unbranched alkanes of at least 4 members (excludes halogenated alkanes) is 10. The molecule has 0 N–H and O–H groups in total. The lowest BCUT2D eigenvalue weighted by Gasteiger charge is -2.33. The van der Waals surface area contributed by atoms with Crippen LogP contribution in [0.25, 0.3) is 76.0 Å². The fourth-order valence-electron chi connectivity index (χ4n) is 9.88. The molecule has 0 spiro atoms. The summed E-state index contributed by atoms with van der Waals surface area (Å²) in [5.41, 5.74) is 15.5. The van der Waals surface area contributed by atoms with Gasteiger partial charge in [0.05, 0.1) is 22.4 Å². The lowest BCUT2D eigenvalue weighted by molar-refractivity contribution is 0.398. The van der Waals surface area contributed by atoms with Gasteiger partial charge in [0.25, 0.3) is 0 Å². The van der Waals surface area contributed by atoms with Crippen molar-refractivity contribution in [3.63, 3.8) is 0 Å². The minimum absolute atomic E-state index is 0.0608. The van der Waals surface area contributed by atoms with Crippen molar-refractivity contribution >= 4 is 33.7 Å². The van der Waals surface area contributed by atoms with Crippen molar-refractivity contribution in [1.29, 1.82) is 0 Å². The predicted molar refractivity (Wildman–Crippen MR) is 265 cm³/mol. The Bertz CT molecular complexity index is 2660. The standard InChI is InChI=1S/C57H58N2S2/c1-3-5-7-9-11-21-37-57(38-22-12-10-8-6-4-2)48-29-20-19-28-44(48)45-32-31-43(40-49(45)57)50-35-36-52(61-50)47-34-33-46(51-30-23-39-60-51)55-56(47)59-54(42-26-17-14-18-27-42)53(58-55)41-24-15-13-16-25-41/h13-20,23-36,39-40H,3-12,21-22,37-38H2,1-2H3. The van der Waals surface area contributed by atoms with E-state index in [1.54, 1.807) is 22.5 Å². The van der Waals surface area contributed by atoms with Crippen LogP contribution in [0.5, 0.6) is 0 Å². The Kier molecular flexibility index (Phi) is 13.0. The molecule has 0 amide bonds. The highest BCUT2D eigenvalue weighted by molar-refractivity contribution is 7.19. The number of rotatable bonds is 19. The fourth-order valence-corrected chi connectivity index (χ4v) is 11.7. The van der Waals surface area contributed by atoms with Crippen LogP contribution in [0.2, 0.25) is 0 Å². The third-order valence-electron chi connectivity index (χ3n) is 13.0. The molecule has 8 aromatic rings. The second kappa shape index (κ2) is 19.3. The molecule has 0 radical (unpaired) electrons. The minimum atomic E-state index is 0.0608. The monoisotopic (exact) mass is 834 g/mol.